The SMILES string of the molecule is O=C(O)Nc1ccc(CCI)nc1. The van der Waals surface area contributed by atoms with Gasteiger partial charge in [0, 0.05) is 10.1 Å². The van der Waals surface area contributed by atoms with Crippen molar-refractivity contribution in [2.24, 2.45) is 0 Å². The van der Waals surface area contributed by atoms with E-state index < -0.39 is 6.09 Å². The van der Waals surface area contributed by atoms with Gasteiger partial charge in [0.05, 0.1) is 11.9 Å². The summed E-state index contributed by atoms with van der Waals surface area (Å²) in [6.45, 7) is 0. The maximum atomic E-state index is 10.2. The first-order valence-electron chi connectivity index (χ1n) is 3.73. The lowest BCUT2D eigenvalue weighted by atomic mass is 10.3. The number of carbonyl (C=O) groups is 1. The van der Waals surface area contributed by atoms with Crippen LogP contribution in [0.4, 0.5) is 10.5 Å². The van der Waals surface area contributed by atoms with Crippen LogP contribution in [0.15, 0.2) is 18.3 Å². The summed E-state index contributed by atoms with van der Waals surface area (Å²) in [7, 11) is 0. The third-order valence-corrected chi connectivity index (χ3v) is 1.97. The van der Waals surface area contributed by atoms with Crippen LogP contribution < -0.4 is 5.32 Å². The molecule has 1 aromatic rings. The molecule has 1 rings (SSSR count). The highest BCUT2D eigenvalue weighted by Crippen LogP contribution is 2.06. The van der Waals surface area contributed by atoms with Crippen LogP contribution in [0.2, 0.25) is 0 Å². The predicted octanol–water partition coefficient (Wildman–Crippen LogP) is 2.15. The number of carboxylic acid groups (broad SMARTS) is 1. The molecular weight excluding hydrogens is 283 g/mol. The van der Waals surface area contributed by atoms with Gasteiger partial charge in [-0.3, -0.25) is 10.3 Å². The number of hydrogen-bond donors (Lipinski definition) is 2. The minimum Gasteiger partial charge on any atom is -0.465 e. The Morgan fingerprint density at radius 1 is 1.62 bits per heavy atom. The zero-order valence-electron chi connectivity index (χ0n) is 6.83. The lowest BCUT2D eigenvalue weighted by molar-refractivity contribution is 0.209. The summed E-state index contributed by atoms with van der Waals surface area (Å²) < 4.78 is 1.01. The molecule has 0 bridgehead atoms. The number of hydrogen-bond acceptors (Lipinski definition) is 2. The molecule has 13 heavy (non-hydrogen) atoms. The van der Waals surface area contributed by atoms with E-state index in [4.69, 9.17) is 5.11 Å². The average Bonchev–Trinajstić information content (AvgIpc) is 2.08. The second kappa shape index (κ2) is 5.00. The molecule has 0 aromatic carbocycles. The van der Waals surface area contributed by atoms with Gasteiger partial charge in [-0.15, -0.1) is 0 Å². The number of nitrogens with zero attached hydrogens (tertiary/aromatic N) is 1. The first-order chi connectivity index (χ1) is 6.22. The molecule has 0 fully saturated rings. The highest BCUT2D eigenvalue weighted by molar-refractivity contribution is 14.1. The molecule has 0 atom stereocenters. The van der Waals surface area contributed by atoms with Crippen LogP contribution in [0.3, 0.4) is 0 Å². The maximum absolute atomic E-state index is 10.2. The molecular formula is C8H9IN2O2. The van der Waals surface area contributed by atoms with Crippen molar-refractivity contribution >= 4 is 34.4 Å². The van der Waals surface area contributed by atoms with Crippen molar-refractivity contribution < 1.29 is 9.90 Å². The molecule has 0 aliphatic carbocycles. The van der Waals surface area contributed by atoms with Crippen molar-refractivity contribution in [3.63, 3.8) is 0 Å². The van der Waals surface area contributed by atoms with E-state index in [1.807, 2.05) is 6.07 Å². The van der Waals surface area contributed by atoms with Gasteiger partial charge in [0.1, 0.15) is 0 Å². The van der Waals surface area contributed by atoms with Gasteiger partial charge in [-0.2, -0.15) is 0 Å². The van der Waals surface area contributed by atoms with E-state index in [1.165, 1.54) is 6.20 Å². The van der Waals surface area contributed by atoms with Gasteiger partial charge in [-0.05, 0) is 18.6 Å². The molecule has 4 nitrogen and oxygen atoms in total. The van der Waals surface area contributed by atoms with Gasteiger partial charge in [-0.1, -0.05) is 22.6 Å². The first kappa shape index (κ1) is 10.2. The molecule has 70 valence electrons. The number of anilines is 1. The third kappa shape index (κ3) is 3.58. The fourth-order valence-corrected chi connectivity index (χ4v) is 1.42. The van der Waals surface area contributed by atoms with Gasteiger partial charge < -0.3 is 5.11 Å². The van der Waals surface area contributed by atoms with Crippen molar-refractivity contribution in [1.29, 1.82) is 0 Å². The van der Waals surface area contributed by atoms with Gasteiger partial charge >= 0.3 is 6.09 Å². The number of alkyl halides is 1. The van der Waals surface area contributed by atoms with E-state index >= 15 is 0 Å². The fourth-order valence-electron chi connectivity index (χ4n) is 0.867. The summed E-state index contributed by atoms with van der Waals surface area (Å²) in [5.41, 5.74) is 1.48. The molecule has 1 amide bonds. The van der Waals surface area contributed by atoms with Crippen LogP contribution in [0, 0.1) is 0 Å². The van der Waals surface area contributed by atoms with Gasteiger partial charge in [-0.25, -0.2) is 4.79 Å². The largest absolute Gasteiger partial charge is 0.465 e. The molecule has 0 aliphatic heterocycles. The summed E-state index contributed by atoms with van der Waals surface area (Å²) >= 11 is 2.27. The van der Waals surface area contributed by atoms with Crippen LogP contribution in [0.25, 0.3) is 0 Å². The van der Waals surface area contributed by atoms with Crippen LogP contribution in [-0.2, 0) is 6.42 Å². The highest BCUT2D eigenvalue weighted by atomic mass is 127. The summed E-state index contributed by atoms with van der Waals surface area (Å²) in [6, 6.07) is 3.53. The van der Waals surface area contributed by atoms with Crippen molar-refractivity contribution in [3.8, 4) is 0 Å². The van der Waals surface area contributed by atoms with E-state index in [0.29, 0.717) is 5.69 Å². The van der Waals surface area contributed by atoms with Crippen LogP contribution in [0.5, 0.6) is 0 Å². The topological polar surface area (TPSA) is 62.2 Å². The Morgan fingerprint density at radius 3 is 2.85 bits per heavy atom. The normalized spacial score (nSPS) is 9.62. The standard InChI is InChI=1S/C8H9IN2O2/c9-4-3-6-1-2-7(5-10-6)11-8(12)13/h1-2,5,11H,3-4H2,(H,12,13). The quantitative estimate of drug-likeness (QED) is 0.663. The lowest BCUT2D eigenvalue weighted by Crippen LogP contribution is -2.07. The second-order valence-electron chi connectivity index (χ2n) is 2.41. The van der Waals surface area contributed by atoms with E-state index in [-0.39, 0.29) is 0 Å². The van der Waals surface area contributed by atoms with Crippen molar-refractivity contribution in [3.05, 3.63) is 24.0 Å². The molecule has 5 heteroatoms. The van der Waals surface area contributed by atoms with Gasteiger partial charge in [0.25, 0.3) is 0 Å². The first-order valence-corrected chi connectivity index (χ1v) is 5.26. The van der Waals surface area contributed by atoms with Gasteiger partial charge in [0.2, 0.25) is 0 Å². The predicted molar refractivity (Wildman–Crippen MR) is 58.5 cm³/mol. The van der Waals surface area contributed by atoms with Crippen molar-refractivity contribution in [2.75, 3.05) is 9.74 Å². The Balaban J connectivity index is 2.64. The average molecular weight is 292 g/mol. The Kier molecular flexibility index (Phi) is 3.94. The van der Waals surface area contributed by atoms with Crippen molar-refractivity contribution in [2.45, 2.75) is 6.42 Å². The zero-order valence-corrected chi connectivity index (χ0v) is 8.98. The molecule has 0 saturated heterocycles. The third-order valence-electron chi connectivity index (χ3n) is 1.43. The lowest BCUT2D eigenvalue weighted by Gasteiger charge is -2.00. The summed E-state index contributed by atoms with van der Waals surface area (Å²) in [5, 5.41) is 10.6. The smallest absolute Gasteiger partial charge is 0.409 e. The summed E-state index contributed by atoms with van der Waals surface area (Å²) in [5.74, 6) is 0. The number of aryl methyl sites for hydroxylation is 1. The highest BCUT2D eigenvalue weighted by Gasteiger charge is 1.98. The summed E-state index contributed by atoms with van der Waals surface area (Å²) in [6.07, 6.45) is 1.37. The number of halogens is 1. The fraction of sp³-hybridized carbons (Fsp3) is 0.250. The molecule has 0 spiro atoms. The van der Waals surface area contributed by atoms with Crippen LogP contribution >= 0.6 is 22.6 Å². The minimum atomic E-state index is -1.07. The molecule has 0 saturated carbocycles. The Bertz CT molecular complexity index is 287. The van der Waals surface area contributed by atoms with Crippen LogP contribution in [0.1, 0.15) is 5.69 Å². The minimum absolute atomic E-state index is 0.504. The molecule has 0 radical (unpaired) electrons. The zero-order chi connectivity index (χ0) is 9.68. The van der Waals surface area contributed by atoms with E-state index in [9.17, 15) is 4.79 Å². The Morgan fingerprint density at radius 2 is 2.38 bits per heavy atom. The van der Waals surface area contributed by atoms with Crippen LogP contribution in [-0.4, -0.2) is 20.6 Å². The number of amides is 1. The molecule has 1 aromatic heterocycles. The number of rotatable bonds is 3. The van der Waals surface area contributed by atoms with E-state index in [2.05, 4.69) is 32.9 Å². The molecule has 2 N–H and O–H groups in total. The molecule has 0 unspecified atom stereocenters. The molecule has 0 aliphatic rings. The molecule has 1 heterocycles. The Labute approximate surface area is 89.5 Å². The monoisotopic (exact) mass is 292 g/mol. The van der Waals surface area contributed by atoms with E-state index in [0.717, 1.165) is 16.5 Å². The van der Waals surface area contributed by atoms with Crippen molar-refractivity contribution in [1.82, 2.24) is 4.98 Å². The number of pyridine rings is 1. The summed E-state index contributed by atoms with van der Waals surface area (Å²) in [4.78, 5) is 14.3. The number of nitrogens with one attached hydrogen (secondary N) is 1. The van der Waals surface area contributed by atoms with E-state index in [1.54, 1.807) is 6.07 Å². The van der Waals surface area contributed by atoms with Gasteiger partial charge in [0.15, 0.2) is 0 Å². The Hall–Kier alpha value is -0.850. The number of aromatic nitrogens is 1. The second-order valence-corrected chi connectivity index (χ2v) is 3.49. The maximum Gasteiger partial charge on any atom is 0.409 e.